The minimum absolute atomic E-state index is 0.229. The van der Waals surface area contributed by atoms with Crippen LogP contribution in [0.1, 0.15) is 24.0 Å². The average Bonchev–Trinajstić information content (AvgIpc) is 2.75. The zero-order valence-corrected chi connectivity index (χ0v) is 9.17. The van der Waals surface area contributed by atoms with Crippen molar-refractivity contribution in [3.8, 4) is 11.5 Å². The molecule has 88 valence electrons. The van der Waals surface area contributed by atoms with E-state index >= 15 is 0 Å². The first kappa shape index (κ1) is 11.2. The van der Waals surface area contributed by atoms with Crippen molar-refractivity contribution in [3.05, 3.63) is 23.3 Å². The van der Waals surface area contributed by atoms with Crippen LogP contribution in [0.5, 0.6) is 11.5 Å². The first-order valence-electron chi connectivity index (χ1n) is 5.52. The summed E-state index contributed by atoms with van der Waals surface area (Å²) < 4.78 is 23.3. The van der Waals surface area contributed by atoms with Gasteiger partial charge in [-0.05, 0) is 49.1 Å². The molecule has 1 aromatic rings. The Balaban J connectivity index is 2.15. The SMILES string of the molecule is NCCCCc1cc2c(cc1CF)OCO2. The molecule has 2 N–H and O–H groups in total. The molecule has 0 amide bonds. The molecule has 2 rings (SSSR count). The van der Waals surface area contributed by atoms with Crippen molar-refractivity contribution in [2.24, 2.45) is 5.73 Å². The standard InChI is InChI=1S/C12H16FNO2/c13-7-10-6-12-11(15-8-16-12)5-9(10)3-1-2-4-14/h5-6H,1-4,7-8,14H2. The Morgan fingerprint density at radius 1 is 1.12 bits per heavy atom. The Morgan fingerprint density at radius 2 is 1.81 bits per heavy atom. The van der Waals surface area contributed by atoms with Crippen LogP contribution in [0, 0.1) is 0 Å². The van der Waals surface area contributed by atoms with Crippen molar-refractivity contribution in [2.75, 3.05) is 13.3 Å². The maximum absolute atomic E-state index is 12.8. The van der Waals surface area contributed by atoms with Gasteiger partial charge in [-0.2, -0.15) is 0 Å². The number of unbranched alkanes of at least 4 members (excludes halogenated alkanes) is 1. The second-order valence-corrected chi connectivity index (χ2v) is 3.85. The molecule has 0 atom stereocenters. The summed E-state index contributed by atoms with van der Waals surface area (Å²) in [5.74, 6) is 1.37. The molecule has 0 saturated heterocycles. The van der Waals surface area contributed by atoms with Gasteiger partial charge >= 0.3 is 0 Å². The molecule has 1 aliphatic rings. The van der Waals surface area contributed by atoms with Crippen LogP contribution in [0.25, 0.3) is 0 Å². The van der Waals surface area contributed by atoms with Crippen molar-refractivity contribution in [2.45, 2.75) is 25.9 Å². The first-order chi connectivity index (χ1) is 7.85. The number of aryl methyl sites for hydroxylation is 1. The van der Waals surface area contributed by atoms with Crippen molar-refractivity contribution < 1.29 is 13.9 Å². The summed E-state index contributed by atoms with van der Waals surface area (Å²) in [5, 5.41) is 0. The lowest BCUT2D eigenvalue weighted by molar-refractivity contribution is 0.174. The number of alkyl halides is 1. The Hall–Kier alpha value is -1.29. The van der Waals surface area contributed by atoms with Gasteiger partial charge in [0, 0.05) is 0 Å². The van der Waals surface area contributed by atoms with Crippen molar-refractivity contribution in [1.82, 2.24) is 0 Å². The molecule has 4 heteroatoms. The van der Waals surface area contributed by atoms with Crippen molar-refractivity contribution >= 4 is 0 Å². The molecule has 0 aromatic heterocycles. The summed E-state index contributed by atoms with van der Waals surface area (Å²) >= 11 is 0. The zero-order chi connectivity index (χ0) is 11.4. The van der Waals surface area contributed by atoms with Gasteiger partial charge < -0.3 is 15.2 Å². The molecule has 0 saturated carbocycles. The summed E-state index contributed by atoms with van der Waals surface area (Å²) in [6.45, 7) is 0.442. The van der Waals surface area contributed by atoms with Crippen LogP contribution in [0.2, 0.25) is 0 Å². The van der Waals surface area contributed by atoms with Gasteiger partial charge in [0.25, 0.3) is 0 Å². The molecular weight excluding hydrogens is 209 g/mol. The van der Waals surface area contributed by atoms with Crippen LogP contribution in [-0.2, 0) is 13.1 Å². The number of hydrogen-bond donors (Lipinski definition) is 1. The van der Waals surface area contributed by atoms with Gasteiger partial charge in [-0.1, -0.05) is 0 Å². The number of halogens is 1. The summed E-state index contributed by atoms with van der Waals surface area (Å²) in [7, 11) is 0. The molecular formula is C12H16FNO2. The Kier molecular flexibility index (Phi) is 3.62. The van der Waals surface area contributed by atoms with E-state index in [4.69, 9.17) is 15.2 Å². The van der Waals surface area contributed by atoms with E-state index in [0.717, 1.165) is 30.6 Å². The van der Waals surface area contributed by atoms with Gasteiger partial charge in [-0.3, -0.25) is 0 Å². The lowest BCUT2D eigenvalue weighted by Crippen LogP contribution is -2.00. The van der Waals surface area contributed by atoms with Gasteiger partial charge in [0.1, 0.15) is 6.67 Å². The molecule has 16 heavy (non-hydrogen) atoms. The maximum Gasteiger partial charge on any atom is 0.231 e. The smallest absolute Gasteiger partial charge is 0.231 e. The number of rotatable bonds is 5. The highest BCUT2D eigenvalue weighted by Crippen LogP contribution is 2.35. The van der Waals surface area contributed by atoms with E-state index < -0.39 is 6.67 Å². The number of fused-ring (bicyclic) bond motifs is 1. The Labute approximate surface area is 94.3 Å². The second-order valence-electron chi connectivity index (χ2n) is 3.85. The maximum atomic E-state index is 12.8. The number of nitrogens with two attached hydrogens (primary N) is 1. The quantitative estimate of drug-likeness (QED) is 0.781. The van der Waals surface area contributed by atoms with E-state index in [1.807, 2.05) is 6.07 Å². The molecule has 1 aliphatic heterocycles. The highest BCUT2D eigenvalue weighted by atomic mass is 19.1. The lowest BCUT2D eigenvalue weighted by atomic mass is 10.0. The summed E-state index contributed by atoms with van der Waals surface area (Å²) in [6, 6.07) is 3.62. The monoisotopic (exact) mass is 225 g/mol. The summed E-state index contributed by atoms with van der Waals surface area (Å²) in [6.07, 6.45) is 2.77. The molecule has 1 heterocycles. The average molecular weight is 225 g/mol. The Morgan fingerprint density at radius 3 is 2.44 bits per heavy atom. The molecule has 3 nitrogen and oxygen atoms in total. The van der Waals surface area contributed by atoms with Crippen LogP contribution < -0.4 is 15.2 Å². The first-order valence-corrected chi connectivity index (χ1v) is 5.52. The van der Waals surface area contributed by atoms with Crippen LogP contribution in [0.4, 0.5) is 4.39 Å². The highest BCUT2D eigenvalue weighted by molar-refractivity contribution is 5.48. The van der Waals surface area contributed by atoms with Crippen LogP contribution in [0.15, 0.2) is 12.1 Å². The van der Waals surface area contributed by atoms with Crippen LogP contribution in [-0.4, -0.2) is 13.3 Å². The van der Waals surface area contributed by atoms with E-state index in [1.54, 1.807) is 6.07 Å². The molecule has 0 radical (unpaired) electrons. The minimum atomic E-state index is -0.464. The normalized spacial score (nSPS) is 13.1. The van der Waals surface area contributed by atoms with Crippen molar-refractivity contribution in [1.29, 1.82) is 0 Å². The van der Waals surface area contributed by atoms with E-state index in [2.05, 4.69) is 0 Å². The topological polar surface area (TPSA) is 44.5 Å². The number of ether oxygens (including phenoxy) is 2. The van der Waals surface area contributed by atoms with Gasteiger partial charge in [0.15, 0.2) is 11.5 Å². The van der Waals surface area contributed by atoms with Crippen LogP contribution >= 0.6 is 0 Å². The molecule has 0 aliphatic carbocycles. The van der Waals surface area contributed by atoms with Crippen molar-refractivity contribution in [3.63, 3.8) is 0 Å². The van der Waals surface area contributed by atoms with E-state index in [9.17, 15) is 4.39 Å². The molecule has 1 aromatic carbocycles. The predicted molar refractivity (Wildman–Crippen MR) is 59.4 cm³/mol. The van der Waals surface area contributed by atoms with Gasteiger partial charge in [-0.15, -0.1) is 0 Å². The van der Waals surface area contributed by atoms with E-state index in [-0.39, 0.29) is 6.79 Å². The van der Waals surface area contributed by atoms with Gasteiger partial charge in [0.2, 0.25) is 6.79 Å². The third-order valence-corrected chi connectivity index (χ3v) is 2.74. The summed E-state index contributed by atoms with van der Waals surface area (Å²) in [4.78, 5) is 0. The molecule has 0 unspecified atom stereocenters. The molecule has 0 fully saturated rings. The highest BCUT2D eigenvalue weighted by Gasteiger charge is 2.16. The Bertz CT molecular complexity index is 368. The fourth-order valence-electron chi connectivity index (χ4n) is 1.84. The molecule has 0 bridgehead atoms. The third kappa shape index (κ3) is 2.27. The fraction of sp³-hybridized carbons (Fsp3) is 0.500. The van der Waals surface area contributed by atoms with Crippen LogP contribution in [0.3, 0.4) is 0 Å². The zero-order valence-electron chi connectivity index (χ0n) is 9.17. The summed E-state index contributed by atoms with van der Waals surface area (Å²) in [5.41, 5.74) is 7.13. The largest absolute Gasteiger partial charge is 0.454 e. The second kappa shape index (κ2) is 5.16. The molecule has 0 spiro atoms. The minimum Gasteiger partial charge on any atom is -0.454 e. The van der Waals surface area contributed by atoms with Gasteiger partial charge in [-0.25, -0.2) is 4.39 Å². The predicted octanol–water partition coefficient (Wildman–Crippen LogP) is 2.17. The lowest BCUT2D eigenvalue weighted by Gasteiger charge is -2.08. The van der Waals surface area contributed by atoms with Gasteiger partial charge in [0.05, 0.1) is 0 Å². The van der Waals surface area contributed by atoms with E-state index in [0.29, 0.717) is 17.9 Å². The van der Waals surface area contributed by atoms with E-state index in [1.165, 1.54) is 0 Å². The third-order valence-electron chi connectivity index (χ3n) is 2.74. The fourth-order valence-corrected chi connectivity index (χ4v) is 1.84. The number of hydrogen-bond acceptors (Lipinski definition) is 3. The number of benzene rings is 1.